The van der Waals surface area contributed by atoms with E-state index in [4.69, 9.17) is 4.74 Å². The van der Waals surface area contributed by atoms with Gasteiger partial charge in [-0.3, -0.25) is 4.79 Å². The third kappa shape index (κ3) is 3.64. The molecule has 0 atom stereocenters. The second-order valence-corrected chi connectivity index (χ2v) is 7.41. The number of fused-ring (bicyclic) bond motifs is 2. The molecule has 0 aliphatic carbocycles. The minimum Gasteiger partial charge on any atom is -0.495 e. The molecule has 2 aromatic carbocycles. The van der Waals surface area contributed by atoms with Crippen molar-refractivity contribution in [1.29, 1.82) is 0 Å². The van der Waals surface area contributed by atoms with Crippen LogP contribution in [-0.2, 0) is 19.5 Å². The summed E-state index contributed by atoms with van der Waals surface area (Å²) >= 11 is 0. The molecule has 31 heavy (non-hydrogen) atoms. The van der Waals surface area contributed by atoms with Crippen molar-refractivity contribution in [2.45, 2.75) is 19.5 Å². The SMILES string of the molecule is COc1cc2c(cc1Nc1ncc(F)c(Nc3cccc4c3C(=O)NC4)n1)CCNC2. The van der Waals surface area contributed by atoms with Crippen LogP contribution in [-0.4, -0.2) is 29.5 Å². The van der Waals surface area contributed by atoms with Gasteiger partial charge in [0.15, 0.2) is 11.6 Å². The summed E-state index contributed by atoms with van der Waals surface area (Å²) in [7, 11) is 1.60. The molecular formula is C22H21FN6O2. The lowest BCUT2D eigenvalue weighted by Gasteiger charge is -2.20. The molecule has 0 saturated carbocycles. The second kappa shape index (κ2) is 7.84. The molecule has 1 amide bonds. The third-order valence-electron chi connectivity index (χ3n) is 5.47. The van der Waals surface area contributed by atoms with Crippen LogP contribution in [0.3, 0.4) is 0 Å². The number of anilines is 4. The summed E-state index contributed by atoms with van der Waals surface area (Å²) in [6.45, 7) is 2.16. The molecule has 3 aromatic rings. The highest BCUT2D eigenvalue weighted by molar-refractivity contribution is 6.04. The fraction of sp³-hybridized carbons (Fsp3) is 0.227. The quantitative estimate of drug-likeness (QED) is 0.504. The predicted molar refractivity (Wildman–Crippen MR) is 115 cm³/mol. The maximum atomic E-state index is 14.5. The van der Waals surface area contributed by atoms with Crippen LogP contribution in [0.25, 0.3) is 0 Å². The van der Waals surface area contributed by atoms with E-state index in [0.717, 1.165) is 31.3 Å². The van der Waals surface area contributed by atoms with Gasteiger partial charge in [0.25, 0.3) is 5.91 Å². The van der Waals surface area contributed by atoms with E-state index in [1.54, 1.807) is 13.2 Å². The lowest BCUT2D eigenvalue weighted by molar-refractivity contribution is 0.0966. The van der Waals surface area contributed by atoms with E-state index in [-0.39, 0.29) is 17.7 Å². The first-order chi connectivity index (χ1) is 15.1. The third-order valence-corrected chi connectivity index (χ3v) is 5.47. The van der Waals surface area contributed by atoms with Gasteiger partial charge < -0.3 is 26.0 Å². The highest BCUT2D eigenvalue weighted by Crippen LogP contribution is 2.33. The van der Waals surface area contributed by atoms with Crippen LogP contribution in [0.15, 0.2) is 36.5 Å². The molecule has 9 heteroatoms. The standard InChI is InChI=1S/C22H21FN6O2/c1-31-18-8-14-9-24-6-5-12(14)7-17(18)28-22-26-11-15(23)20(29-22)27-16-4-2-3-13-10-25-21(30)19(13)16/h2-4,7-8,11,24H,5-6,9-10H2,1H3,(H,25,30)(H2,26,27,28,29). The minimum absolute atomic E-state index is 0.0215. The monoisotopic (exact) mass is 420 g/mol. The zero-order valence-electron chi connectivity index (χ0n) is 16.9. The fourth-order valence-electron chi connectivity index (χ4n) is 3.92. The number of hydrogen-bond acceptors (Lipinski definition) is 7. The van der Waals surface area contributed by atoms with E-state index >= 15 is 0 Å². The second-order valence-electron chi connectivity index (χ2n) is 7.41. The van der Waals surface area contributed by atoms with E-state index in [0.29, 0.717) is 29.2 Å². The van der Waals surface area contributed by atoms with Gasteiger partial charge in [0.1, 0.15) is 5.75 Å². The Kier molecular flexibility index (Phi) is 4.87. The number of aromatic nitrogens is 2. The van der Waals surface area contributed by atoms with E-state index in [1.807, 2.05) is 24.3 Å². The first-order valence-electron chi connectivity index (χ1n) is 9.99. The summed E-state index contributed by atoms with van der Waals surface area (Å²) in [4.78, 5) is 20.5. The number of carbonyl (C=O) groups excluding carboxylic acids is 1. The first kappa shape index (κ1) is 19.3. The summed E-state index contributed by atoms with van der Waals surface area (Å²) in [5.41, 5.74) is 4.97. The number of rotatable bonds is 5. The van der Waals surface area contributed by atoms with Gasteiger partial charge in [0.2, 0.25) is 5.95 Å². The molecule has 0 fully saturated rings. The molecule has 1 aromatic heterocycles. The number of halogens is 1. The predicted octanol–water partition coefficient (Wildman–Crippen LogP) is 3.00. The first-order valence-corrected chi connectivity index (χ1v) is 9.99. The van der Waals surface area contributed by atoms with Crippen LogP contribution in [0, 0.1) is 5.82 Å². The van der Waals surface area contributed by atoms with Crippen LogP contribution in [0.5, 0.6) is 5.75 Å². The number of nitrogens with one attached hydrogen (secondary N) is 4. The van der Waals surface area contributed by atoms with Crippen molar-refractivity contribution in [3.05, 3.63) is 64.6 Å². The minimum atomic E-state index is -0.620. The Morgan fingerprint density at radius 1 is 1.10 bits per heavy atom. The molecule has 5 rings (SSSR count). The molecule has 0 bridgehead atoms. The van der Waals surface area contributed by atoms with Crippen molar-refractivity contribution in [2.24, 2.45) is 0 Å². The average molecular weight is 420 g/mol. The molecule has 8 nitrogen and oxygen atoms in total. The zero-order chi connectivity index (χ0) is 21.4. The number of ether oxygens (including phenoxy) is 1. The highest BCUT2D eigenvalue weighted by atomic mass is 19.1. The summed E-state index contributed by atoms with van der Waals surface area (Å²) in [5, 5.41) is 12.2. The maximum Gasteiger partial charge on any atom is 0.254 e. The number of carbonyl (C=O) groups is 1. The Balaban J connectivity index is 1.45. The van der Waals surface area contributed by atoms with Gasteiger partial charge in [-0.2, -0.15) is 4.98 Å². The number of hydrogen-bond donors (Lipinski definition) is 4. The Morgan fingerprint density at radius 2 is 2.00 bits per heavy atom. The van der Waals surface area contributed by atoms with Gasteiger partial charge in [-0.25, -0.2) is 9.37 Å². The normalized spacial score (nSPS) is 14.5. The molecule has 2 aliphatic heterocycles. The van der Waals surface area contributed by atoms with Crippen LogP contribution < -0.4 is 26.0 Å². The number of benzene rings is 2. The smallest absolute Gasteiger partial charge is 0.254 e. The molecule has 3 heterocycles. The maximum absolute atomic E-state index is 14.5. The number of nitrogens with zero attached hydrogens (tertiary/aromatic N) is 2. The largest absolute Gasteiger partial charge is 0.495 e. The van der Waals surface area contributed by atoms with E-state index in [1.165, 1.54) is 11.1 Å². The molecule has 158 valence electrons. The van der Waals surface area contributed by atoms with Crippen LogP contribution in [0.4, 0.5) is 27.5 Å². The molecule has 0 saturated heterocycles. The van der Waals surface area contributed by atoms with Crippen molar-refractivity contribution in [3.63, 3.8) is 0 Å². The van der Waals surface area contributed by atoms with Crippen molar-refractivity contribution in [2.75, 3.05) is 24.3 Å². The van der Waals surface area contributed by atoms with Crippen molar-refractivity contribution >= 4 is 29.0 Å². The van der Waals surface area contributed by atoms with Crippen LogP contribution in [0.1, 0.15) is 27.0 Å². The summed E-state index contributed by atoms with van der Waals surface area (Å²) in [6, 6.07) is 9.40. The average Bonchev–Trinajstić information content (AvgIpc) is 3.17. The van der Waals surface area contributed by atoms with Gasteiger partial charge in [-0.15, -0.1) is 0 Å². The lowest BCUT2D eigenvalue weighted by atomic mass is 10.00. The van der Waals surface area contributed by atoms with Gasteiger partial charge in [-0.05, 0) is 47.9 Å². The highest BCUT2D eigenvalue weighted by Gasteiger charge is 2.23. The topological polar surface area (TPSA) is 100 Å². The van der Waals surface area contributed by atoms with Crippen LogP contribution >= 0.6 is 0 Å². The van der Waals surface area contributed by atoms with Gasteiger partial charge >= 0.3 is 0 Å². The Morgan fingerprint density at radius 3 is 2.87 bits per heavy atom. The van der Waals surface area contributed by atoms with E-state index in [9.17, 15) is 9.18 Å². The summed E-state index contributed by atoms with van der Waals surface area (Å²) in [6.07, 6.45) is 2.00. The van der Waals surface area contributed by atoms with E-state index in [2.05, 4.69) is 31.2 Å². The molecule has 0 radical (unpaired) electrons. The van der Waals surface area contributed by atoms with Crippen molar-refractivity contribution in [3.8, 4) is 5.75 Å². The zero-order valence-corrected chi connectivity index (χ0v) is 16.9. The van der Waals surface area contributed by atoms with Gasteiger partial charge in [0, 0.05) is 13.1 Å². The van der Waals surface area contributed by atoms with Crippen molar-refractivity contribution < 1.29 is 13.9 Å². The summed E-state index contributed by atoms with van der Waals surface area (Å²) in [5.74, 6) is 0.0338. The molecule has 2 aliphatic rings. The Hall–Kier alpha value is -3.72. The number of methoxy groups -OCH3 is 1. The van der Waals surface area contributed by atoms with Gasteiger partial charge in [-0.1, -0.05) is 12.1 Å². The van der Waals surface area contributed by atoms with Gasteiger partial charge in [0.05, 0.1) is 30.2 Å². The molecular weight excluding hydrogens is 399 g/mol. The van der Waals surface area contributed by atoms with E-state index < -0.39 is 5.82 Å². The molecule has 4 N–H and O–H groups in total. The van der Waals surface area contributed by atoms with Crippen LogP contribution in [0.2, 0.25) is 0 Å². The molecule has 0 unspecified atom stereocenters. The van der Waals surface area contributed by atoms with Crippen molar-refractivity contribution in [1.82, 2.24) is 20.6 Å². The lowest BCUT2D eigenvalue weighted by Crippen LogP contribution is -2.23. The Bertz CT molecular complexity index is 1180. The Labute approximate surface area is 178 Å². The molecule has 0 spiro atoms. The number of amides is 1. The summed E-state index contributed by atoms with van der Waals surface area (Å²) < 4.78 is 20.0. The fourth-order valence-corrected chi connectivity index (χ4v) is 3.92.